The molecule has 18 heavy (non-hydrogen) atoms. The fourth-order valence-electron chi connectivity index (χ4n) is 1.12. The van der Waals surface area contributed by atoms with Crippen molar-refractivity contribution in [1.82, 2.24) is 10.6 Å². The van der Waals surface area contributed by atoms with E-state index in [-0.39, 0.29) is 19.4 Å². The molecule has 104 valence electrons. The van der Waals surface area contributed by atoms with Gasteiger partial charge in [-0.1, -0.05) is 0 Å². The minimum absolute atomic E-state index is 0.163. The largest absolute Gasteiger partial charge is 0.481 e. The molecular weight excluding hydrogens is 244 g/mol. The summed E-state index contributed by atoms with van der Waals surface area (Å²) >= 11 is 0. The summed E-state index contributed by atoms with van der Waals surface area (Å²) in [6.45, 7) is 2.92. The van der Waals surface area contributed by atoms with Crippen LogP contribution < -0.4 is 10.6 Å². The van der Waals surface area contributed by atoms with E-state index in [2.05, 4.69) is 10.6 Å². The molecule has 0 rings (SSSR count). The molecule has 0 aromatic carbocycles. The molecule has 0 bridgehead atoms. The minimum Gasteiger partial charge on any atom is -0.481 e. The van der Waals surface area contributed by atoms with Crippen molar-refractivity contribution in [2.24, 2.45) is 0 Å². The number of rotatable bonds is 9. The van der Waals surface area contributed by atoms with Gasteiger partial charge in [-0.05, 0) is 13.3 Å². The Bertz CT molecular complexity index is 294. The number of urea groups is 1. The van der Waals surface area contributed by atoms with Crippen molar-refractivity contribution in [3.63, 3.8) is 0 Å². The number of hydrogen-bond acceptors (Lipinski definition) is 4. The van der Waals surface area contributed by atoms with Gasteiger partial charge < -0.3 is 25.6 Å². The van der Waals surface area contributed by atoms with Crippen molar-refractivity contribution >= 4 is 18.0 Å². The molecule has 0 radical (unpaired) electrons. The minimum atomic E-state index is -1.27. The van der Waals surface area contributed by atoms with E-state index in [1.165, 1.54) is 0 Å². The van der Waals surface area contributed by atoms with Crippen LogP contribution in [-0.2, 0) is 14.3 Å². The number of hydrogen-bond donors (Lipinski definition) is 4. The van der Waals surface area contributed by atoms with Crippen molar-refractivity contribution < 1.29 is 29.3 Å². The summed E-state index contributed by atoms with van der Waals surface area (Å²) in [5.74, 6) is -2.38. The Hall–Kier alpha value is -1.83. The normalized spacial score (nSPS) is 11.6. The molecule has 1 atom stereocenters. The highest BCUT2D eigenvalue weighted by atomic mass is 16.5. The lowest BCUT2D eigenvalue weighted by atomic mass is 10.1. The second-order valence-corrected chi connectivity index (χ2v) is 3.42. The van der Waals surface area contributed by atoms with Crippen LogP contribution in [0.2, 0.25) is 0 Å². The van der Waals surface area contributed by atoms with Crippen molar-refractivity contribution in [1.29, 1.82) is 0 Å². The third-order valence-corrected chi connectivity index (χ3v) is 1.99. The second-order valence-electron chi connectivity index (χ2n) is 3.42. The van der Waals surface area contributed by atoms with Gasteiger partial charge in [-0.3, -0.25) is 4.79 Å². The number of carbonyl (C=O) groups is 3. The van der Waals surface area contributed by atoms with Crippen molar-refractivity contribution in [2.45, 2.75) is 25.8 Å². The zero-order chi connectivity index (χ0) is 14.0. The Labute approximate surface area is 104 Å². The molecule has 0 aliphatic heterocycles. The SMILES string of the molecule is CCOCCNC(=O)N[C@@H](CCC(=O)O)C(=O)O. The van der Waals surface area contributed by atoms with Gasteiger partial charge >= 0.3 is 18.0 Å². The molecule has 0 aromatic rings. The molecule has 0 aliphatic rings. The molecule has 0 fully saturated rings. The molecule has 0 saturated carbocycles. The number of carboxylic acids is 2. The van der Waals surface area contributed by atoms with E-state index < -0.39 is 24.0 Å². The summed E-state index contributed by atoms with van der Waals surface area (Å²) < 4.78 is 4.98. The smallest absolute Gasteiger partial charge is 0.326 e. The van der Waals surface area contributed by atoms with Gasteiger partial charge in [0.05, 0.1) is 6.61 Å². The highest BCUT2D eigenvalue weighted by Crippen LogP contribution is 1.97. The van der Waals surface area contributed by atoms with E-state index in [1.54, 1.807) is 0 Å². The maximum Gasteiger partial charge on any atom is 0.326 e. The first-order chi connectivity index (χ1) is 8.47. The molecule has 0 unspecified atom stereocenters. The Balaban J connectivity index is 3.96. The average molecular weight is 262 g/mol. The fraction of sp³-hybridized carbons (Fsp3) is 0.700. The Morgan fingerprint density at radius 2 is 1.94 bits per heavy atom. The van der Waals surface area contributed by atoms with Crippen LogP contribution in [0, 0.1) is 0 Å². The van der Waals surface area contributed by atoms with E-state index in [9.17, 15) is 14.4 Å². The third-order valence-electron chi connectivity index (χ3n) is 1.99. The van der Waals surface area contributed by atoms with E-state index >= 15 is 0 Å². The maximum absolute atomic E-state index is 11.3. The predicted molar refractivity (Wildman–Crippen MR) is 61.3 cm³/mol. The molecule has 8 heteroatoms. The number of carbonyl (C=O) groups excluding carboxylic acids is 1. The Morgan fingerprint density at radius 1 is 1.28 bits per heavy atom. The van der Waals surface area contributed by atoms with Gasteiger partial charge in [0, 0.05) is 19.6 Å². The number of amides is 2. The van der Waals surface area contributed by atoms with Gasteiger partial charge in [0.15, 0.2) is 0 Å². The van der Waals surface area contributed by atoms with E-state index in [0.717, 1.165) is 0 Å². The van der Waals surface area contributed by atoms with Crippen molar-refractivity contribution in [2.75, 3.05) is 19.8 Å². The van der Waals surface area contributed by atoms with Crippen LogP contribution in [0.25, 0.3) is 0 Å². The molecular formula is C10H18N2O6. The van der Waals surface area contributed by atoms with Crippen molar-refractivity contribution in [3.8, 4) is 0 Å². The lowest BCUT2D eigenvalue weighted by Gasteiger charge is -2.14. The van der Waals surface area contributed by atoms with Gasteiger partial charge in [-0.25, -0.2) is 9.59 Å². The summed E-state index contributed by atoms with van der Waals surface area (Å²) in [5.41, 5.74) is 0. The van der Waals surface area contributed by atoms with Gasteiger partial charge in [0.25, 0.3) is 0 Å². The molecule has 0 aromatic heterocycles. The predicted octanol–water partition coefficient (Wildman–Crippen LogP) is -0.360. The number of carboxylic acid groups (broad SMARTS) is 2. The molecule has 8 nitrogen and oxygen atoms in total. The molecule has 0 spiro atoms. The Kier molecular flexibility index (Phi) is 8.29. The van der Waals surface area contributed by atoms with Gasteiger partial charge in [0.1, 0.15) is 6.04 Å². The van der Waals surface area contributed by atoms with Gasteiger partial charge in [-0.2, -0.15) is 0 Å². The van der Waals surface area contributed by atoms with Crippen LogP contribution in [0.15, 0.2) is 0 Å². The lowest BCUT2D eigenvalue weighted by molar-refractivity contribution is -0.140. The van der Waals surface area contributed by atoms with Crippen LogP contribution in [0.1, 0.15) is 19.8 Å². The summed E-state index contributed by atoms with van der Waals surface area (Å²) in [7, 11) is 0. The molecule has 0 heterocycles. The summed E-state index contributed by atoms with van der Waals surface area (Å²) in [4.78, 5) is 32.4. The first-order valence-corrected chi connectivity index (χ1v) is 5.54. The summed E-state index contributed by atoms with van der Waals surface area (Å²) in [6, 6.07) is -1.87. The highest BCUT2D eigenvalue weighted by Gasteiger charge is 2.20. The highest BCUT2D eigenvalue weighted by molar-refractivity contribution is 5.82. The Morgan fingerprint density at radius 3 is 2.44 bits per heavy atom. The van der Waals surface area contributed by atoms with Crippen LogP contribution in [0.3, 0.4) is 0 Å². The zero-order valence-corrected chi connectivity index (χ0v) is 10.1. The van der Waals surface area contributed by atoms with Crippen LogP contribution in [0.5, 0.6) is 0 Å². The third kappa shape index (κ3) is 8.34. The first-order valence-electron chi connectivity index (χ1n) is 5.54. The van der Waals surface area contributed by atoms with E-state index in [0.29, 0.717) is 13.2 Å². The lowest BCUT2D eigenvalue weighted by Crippen LogP contribution is -2.46. The zero-order valence-electron chi connectivity index (χ0n) is 10.1. The summed E-state index contributed by atoms with van der Waals surface area (Å²) in [5, 5.41) is 21.8. The van der Waals surface area contributed by atoms with Crippen LogP contribution in [-0.4, -0.2) is 54.0 Å². The topological polar surface area (TPSA) is 125 Å². The number of nitrogens with one attached hydrogen (secondary N) is 2. The van der Waals surface area contributed by atoms with Gasteiger partial charge in [0.2, 0.25) is 0 Å². The first kappa shape index (κ1) is 16.2. The van der Waals surface area contributed by atoms with Gasteiger partial charge in [-0.15, -0.1) is 0 Å². The fourth-order valence-corrected chi connectivity index (χ4v) is 1.12. The molecule has 4 N–H and O–H groups in total. The molecule has 2 amide bonds. The summed E-state index contributed by atoms with van der Waals surface area (Å²) in [6.07, 6.45) is -0.486. The molecule has 0 saturated heterocycles. The number of ether oxygens (including phenoxy) is 1. The monoisotopic (exact) mass is 262 g/mol. The second kappa shape index (κ2) is 9.23. The number of aliphatic carboxylic acids is 2. The molecule has 0 aliphatic carbocycles. The van der Waals surface area contributed by atoms with Crippen LogP contribution >= 0.6 is 0 Å². The van der Waals surface area contributed by atoms with Crippen LogP contribution in [0.4, 0.5) is 4.79 Å². The van der Waals surface area contributed by atoms with E-state index in [1.807, 2.05) is 6.92 Å². The maximum atomic E-state index is 11.3. The standard InChI is InChI=1S/C10H18N2O6/c1-2-18-6-5-11-10(17)12-7(9(15)16)3-4-8(13)14/h7H,2-6H2,1H3,(H,13,14)(H,15,16)(H2,11,12,17)/t7-/m0/s1. The quantitative estimate of drug-likeness (QED) is 0.420. The van der Waals surface area contributed by atoms with E-state index in [4.69, 9.17) is 14.9 Å². The van der Waals surface area contributed by atoms with Crippen molar-refractivity contribution in [3.05, 3.63) is 0 Å². The average Bonchev–Trinajstić information content (AvgIpc) is 2.29.